The van der Waals surface area contributed by atoms with Crippen molar-refractivity contribution in [2.75, 3.05) is 0 Å². The van der Waals surface area contributed by atoms with Gasteiger partial charge in [-0.25, -0.2) is 4.39 Å². The normalized spacial score (nSPS) is 17.3. The van der Waals surface area contributed by atoms with E-state index in [-0.39, 0.29) is 11.6 Å². The van der Waals surface area contributed by atoms with Gasteiger partial charge in [-0.1, -0.05) is 6.92 Å². The third kappa shape index (κ3) is 2.95. The predicted octanol–water partition coefficient (Wildman–Crippen LogP) is 5.12. The number of rotatable bonds is 2. The van der Waals surface area contributed by atoms with Gasteiger partial charge in [-0.3, -0.25) is 4.79 Å². The molecule has 1 amide bonds. The summed E-state index contributed by atoms with van der Waals surface area (Å²) < 4.78 is 13.2. The van der Waals surface area contributed by atoms with Crippen LogP contribution < -0.4 is 0 Å². The zero-order valence-corrected chi connectivity index (χ0v) is 14.4. The van der Waals surface area contributed by atoms with E-state index in [0.29, 0.717) is 21.7 Å². The Balaban J connectivity index is 1.62. The zero-order chi connectivity index (χ0) is 17.6. The van der Waals surface area contributed by atoms with Gasteiger partial charge >= 0.3 is 5.91 Å². The maximum Gasteiger partial charge on any atom is 0.305 e. The molecule has 0 radical (unpaired) electrons. The summed E-state index contributed by atoms with van der Waals surface area (Å²) in [6, 6.07) is 5.92. The highest BCUT2D eigenvalue weighted by Crippen LogP contribution is 2.36. The first kappa shape index (κ1) is 16.0. The highest BCUT2D eigenvalue weighted by molar-refractivity contribution is 7.14. The molecule has 25 heavy (non-hydrogen) atoms. The van der Waals surface area contributed by atoms with Gasteiger partial charge < -0.3 is 10.1 Å². The minimum Gasteiger partial charge on any atom is -0.493 e. The molecular formula is C18H16FN3O2S. The topological polar surface area (TPSA) is 77.8 Å². The number of benzene rings is 1. The fourth-order valence-corrected chi connectivity index (χ4v) is 4.29. The zero-order valence-electron chi connectivity index (χ0n) is 13.5. The molecular weight excluding hydrogens is 341 g/mol. The summed E-state index contributed by atoms with van der Waals surface area (Å²) in [4.78, 5) is 16.8. The van der Waals surface area contributed by atoms with Gasteiger partial charge in [-0.15, -0.1) is 21.6 Å². The lowest BCUT2D eigenvalue weighted by atomic mass is 9.90. The van der Waals surface area contributed by atoms with E-state index in [0.717, 1.165) is 19.3 Å². The molecule has 2 heterocycles. The number of hydrogen-bond donors (Lipinski definition) is 2. The lowest BCUT2D eigenvalue weighted by Crippen LogP contribution is -2.08. The smallest absolute Gasteiger partial charge is 0.305 e. The highest BCUT2D eigenvalue weighted by atomic mass is 32.1. The number of azo groups is 1. The minimum absolute atomic E-state index is 0.137. The number of aromatic nitrogens is 1. The van der Waals surface area contributed by atoms with Crippen molar-refractivity contribution in [3.63, 3.8) is 0 Å². The van der Waals surface area contributed by atoms with Crippen LogP contribution in [0.4, 0.5) is 10.1 Å². The summed E-state index contributed by atoms with van der Waals surface area (Å²) >= 11 is 1.47. The molecule has 2 N–H and O–H groups in total. The SMILES string of the molecule is C[C@H]1CCc2sc(C(=O)N=Nc3c(O)[nH]c4cc(F)ccc34)cc2C1. The summed E-state index contributed by atoms with van der Waals surface area (Å²) in [7, 11) is 0. The van der Waals surface area contributed by atoms with Crippen molar-refractivity contribution in [1.29, 1.82) is 0 Å². The van der Waals surface area contributed by atoms with Crippen LogP contribution >= 0.6 is 11.3 Å². The van der Waals surface area contributed by atoms with E-state index in [1.807, 2.05) is 6.07 Å². The number of hydrogen-bond acceptors (Lipinski definition) is 4. The predicted molar refractivity (Wildman–Crippen MR) is 94.3 cm³/mol. The van der Waals surface area contributed by atoms with Crippen molar-refractivity contribution >= 4 is 33.8 Å². The Morgan fingerprint density at radius 1 is 1.40 bits per heavy atom. The number of aromatic hydroxyl groups is 1. The van der Waals surface area contributed by atoms with Crippen molar-refractivity contribution in [3.8, 4) is 5.88 Å². The number of nitrogens with zero attached hydrogens (tertiary/aromatic N) is 2. The molecule has 2 aromatic heterocycles. The van der Waals surface area contributed by atoms with E-state index in [1.165, 1.54) is 40.0 Å². The van der Waals surface area contributed by atoms with Crippen LogP contribution in [0, 0.1) is 11.7 Å². The van der Waals surface area contributed by atoms with Gasteiger partial charge in [0, 0.05) is 10.3 Å². The third-order valence-electron chi connectivity index (χ3n) is 4.49. The largest absolute Gasteiger partial charge is 0.493 e. The van der Waals surface area contributed by atoms with Crippen LogP contribution in [0.15, 0.2) is 34.5 Å². The molecule has 0 aliphatic heterocycles. The minimum atomic E-state index is -0.428. The van der Waals surface area contributed by atoms with E-state index >= 15 is 0 Å². The van der Waals surface area contributed by atoms with Gasteiger partial charge in [0.2, 0.25) is 5.88 Å². The fourth-order valence-electron chi connectivity index (χ4n) is 3.20. The molecule has 128 valence electrons. The van der Waals surface area contributed by atoms with E-state index in [9.17, 15) is 14.3 Å². The molecule has 4 rings (SSSR count). The van der Waals surface area contributed by atoms with Gasteiger partial charge in [0.25, 0.3) is 0 Å². The molecule has 1 aliphatic rings. The number of halogens is 1. The molecule has 0 bridgehead atoms. The van der Waals surface area contributed by atoms with Crippen molar-refractivity contribution in [2.45, 2.75) is 26.2 Å². The van der Waals surface area contributed by atoms with E-state index in [4.69, 9.17) is 0 Å². The number of fused-ring (bicyclic) bond motifs is 2. The Morgan fingerprint density at radius 2 is 2.24 bits per heavy atom. The summed E-state index contributed by atoms with van der Waals surface area (Å²) in [6.45, 7) is 2.21. The van der Waals surface area contributed by atoms with Crippen molar-refractivity contribution < 1.29 is 14.3 Å². The third-order valence-corrected chi connectivity index (χ3v) is 5.72. The van der Waals surface area contributed by atoms with E-state index < -0.39 is 11.7 Å². The maximum atomic E-state index is 13.2. The Kier molecular flexibility index (Phi) is 3.88. The second-order valence-corrected chi connectivity index (χ2v) is 7.56. The van der Waals surface area contributed by atoms with Crippen LogP contribution in [0.3, 0.4) is 0 Å². The molecule has 7 heteroatoms. The molecule has 1 atom stereocenters. The molecule has 0 saturated carbocycles. The van der Waals surface area contributed by atoms with Crippen LogP contribution in [-0.4, -0.2) is 16.0 Å². The number of carbonyl (C=O) groups is 1. The molecule has 5 nitrogen and oxygen atoms in total. The van der Waals surface area contributed by atoms with Crippen LogP contribution in [0.5, 0.6) is 5.88 Å². The molecule has 0 unspecified atom stereocenters. The van der Waals surface area contributed by atoms with Crippen molar-refractivity contribution in [3.05, 3.63) is 45.4 Å². The first-order chi connectivity index (χ1) is 12.0. The number of nitrogens with one attached hydrogen (secondary N) is 1. The number of amides is 1. The first-order valence-electron chi connectivity index (χ1n) is 8.09. The number of H-pyrrole nitrogens is 1. The van der Waals surface area contributed by atoms with Gasteiger partial charge in [0.1, 0.15) is 5.82 Å². The first-order valence-corrected chi connectivity index (χ1v) is 8.91. The van der Waals surface area contributed by atoms with Gasteiger partial charge in [0.15, 0.2) is 5.69 Å². The highest BCUT2D eigenvalue weighted by Gasteiger charge is 2.21. The molecule has 0 fully saturated rings. The Hall–Kier alpha value is -2.54. The average molecular weight is 357 g/mol. The lowest BCUT2D eigenvalue weighted by molar-refractivity contribution is 0.0999. The van der Waals surface area contributed by atoms with Gasteiger partial charge in [-0.05, 0) is 55.0 Å². The van der Waals surface area contributed by atoms with E-state index in [1.54, 1.807) is 0 Å². The second kappa shape index (κ2) is 6.07. The Bertz CT molecular complexity index is 1010. The van der Waals surface area contributed by atoms with Crippen LogP contribution in [0.2, 0.25) is 0 Å². The maximum absolute atomic E-state index is 13.2. The monoisotopic (exact) mass is 357 g/mol. The summed E-state index contributed by atoms with van der Waals surface area (Å²) in [5.74, 6) is -0.457. The summed E-state index contributed by atoms with van der Waals surface area (Å²) in [5, 5.41) is 18.1. The Morgan fingerprint density at radius 3 is 3.08 bits per heavy atom. The molecule has 1 aromatic carbocycles. The molecule has 0 spiro atoms. The molecule has 1 aliphatic carbocycles. The number of carbonyl (C=O) groups excluding carboxylic acids is 1. The number of aryl methyl sites for hydroxylation is 1. The molecule has 0 saturated heterocycles. The number of aromatic amines is 1. The number of thiophene rings is 1. The summed E-state index contributed by atoms with van der Waals surface area (Å²) in [5.41, 5.74) is 1.77. The van der Waals surface area contributed by atoms with Crippen LogP contribution in [0.1, 0.15) is 33.5 Å². The van der Waals surface area contributed by atoms with E-state index in [2.05, 4.69) is 22.1 Å². The summed E-state index contributed by atoms with van der Waals surface area (Å²) in [6.07, 6.45) is 3.13. The molecule has 3 aromatic rings. The average Bonchev–Trinajstić information content (AvgIpc) is 3.12. The van der Waals surface area contributed by atoms with Gasteiger partial charge in [0.05, 0.1) is 10.4 Å². The van der Waals surface area contributed by atoms with Crippen LogP contribution in [-0.2, 0) is 12.8 Å². The fraction of sp³-hybridized carbons (Fsp3) is 0.278. The lowest BCUT2D eigenvalue weighted by Gasteiger charge is -2.16. The van der Waals surface area contributed by atoms with Crippen molar-refractivity contribution in [2.24, 2.45) is 16.1 Å². The van der Waals surface area contributed by atoms with Crippen molar-refractivity contribution in [1.82, 2.24) is 4.98 Å². The quantitative estimate of drug-likeness (QED) is 0.624. The van der Waals surface area contributed by atoms with Crippen LogP contribution in [0.25, 0.3) is 10.9 Å². The van der Waals surface area contributed by atoms with Gasteiger partial charge in [-0.2, -0.15) is 0 Å². The Labute approximate surface area is 147 Å². The standard InChI is InChI=1S/C18H16FN3O2S/c1-9-2-5-14-10(6-9)7-15(25-14)17(23)22-21-16-12-4-3-11(19)8-13(12)20-18(16)24/h3-4,7-9,20,24H,2,5-6H2,1H3/t9-/m0/s1. The second-order valence-electron chi connectivity index (χ2n) is 6.42.